The van der Waals surface area contributed by atoms with E-state index in [1.807, 2.05) is 20.8 Å². The zero-order chi connectivity index (χ0) is 26.1. The summed E-state index contributed by atoms with van der Waals surface area (Å²) in [6, 6.07) is 4.56. The van der Waals surface area contributed by atoms with Crippen molar-refractivity contribution in [2.45, 2.75) is 58.9 Å². The van der Waals surface area contributed by atoms with E-state index in [1.54, 1.807) is 23.1 Å². The summed E-state index contributed by atoms with van der Waals surface area (Å²) in [7, 11) is 0. The van der Waals surface area contributed by atoms with E-state index in [4.69, 9.17) is 20.9 Å². The van der Waals surface area contributed by atoms with Gasteiger partial charge in [-0.05, 0) is 37.0 Å². The predicted octanol–water partition coefficient (Wildman–Crippen LogP) is 2.79. The SMILES string of the molecule is CCc1noc(CCC(=O)N2CCCCNC(=O)c3cc(Cl)ccc3OC[C@H](C(C)C)NC(=O)C2)n1. The third kappa shape index (κ3) is 7.94. The maximum Gasteiger partial charge on any atom is 0.255 e. The van der Waals surface area contributed by atoms with E-state index < -0.39 is 0 Å². The molecule has 1 aromatic heterocycles. The number of ether oxygens (including phenoxy) is 1. The number of hydrogen-bond acceptors (Lipinski definition) is 7. The van der Waals surface area contributed by atoms with E-state index >= 15 is 0 Å². The van der Waals surface area contributed by atoms with Crippen LogP contribution in [0.1, 0.15) is 62.1 Å². The molecule has 2 heterocycles. The first-order valence-electron chi connectivity index (χ1n) is 12.4. The topological polar surface area (TPSA) is 127 Å². The van der Waals surface area contributed by atoms with Gasteiger partial charge in [-0.3, -0.25) is 14.4 Å². The highest BCUT2D eigenvalue weighted by molar-refractivity contribution is 6.31. The lowest BCUT2D eigenvalue weighted by Gasteiger charge is -2.26. The molecule has 10 nitrogen and oxygen atoms in total. The van der Waals surface area contributed by atoms with Gasteiger partial charge in [0.2, 0.25) is 17.7 Å². The zero-order valence-electron chi connectivity index (χ0n) is 21.0. The van der Waals surface area contributed by atoms with Crippen LogP contribution in [-0.2, 0) is 22.4 Å². The molecule has 0 saturated heterocycles. The maximum absolute atomic E-state index is 13.0. The number of benzene rings is 1. The first-order chi connectivity index (χ1) is 17.3. The van der Waals surface area contributed by atoms with Gasteiger partial charge in [0.25, 0.3) is 5.91 Å². The van der Waals surface area contributed by atoms with Gasteiger partial charge in [-0.1, -0.05) is 37.5 Å². The molecule has 0 fully saturated rings. The highest BCUT2D eigenvalue weighted by atomic mass is 35.5. The Kier molecular flexibility index (Phi) is 10.1. The van der Waals surface area contributed by atoms with Crippen molar-refractivity contribution >= 4 is 29.3 Å². The van der Waals surface area contributed by atoms with Crippen LogP contribution in [0.2, 0.25) is 5.02 Å². The van der Waals surface area contributed by atoms with Crippen molar-refractivity contribution in [3.05, 3.63) is 40.5 Å². The van der Waals surface area contributed by atoms with Crippen molar-refractivity contribution < 1.29 is 23.6 Å². The lowest BCUT2D eigenvalue weighted by Crippen LogP contribution is -2.48. The molecule has 0 radical (unpaired) electrons. The molecule has 0 unspecified atom stereocenters. The van der Waals surface area contributed by atoms with Crippen molar-refractivity contribution in [2.75, 3.05) is 26.2 Å². The summed E-state index contributed by atoms with van der Waals surface area (Å²) in [5, 5.41) is 10.2. The van der Waals surface area contributed by atoms with Gasteiger partial charge in [0.05, 0.1) is 18.2 Å². The fourth-order valence-electron chi connectivity index (χ4n) is 3.74. The Hall–Kier alpha value is -3.14. The molecule has 0 spiro atoms. The van der Waals surface area contributed by atoms with Gasteiger partial charge >= 0.3 is 0 Å². The van der Waals surface area contributed by atoms with Crippen LogP contribution >= 0.6 is 11.6 Å². The minimum atomic E-state index is -0.322. The molecular formula is C25H34ClN5O5. The van der Waals surface area contributed by atoms with Gasteiger partial charge in [0.1, 0.15) is 12.4 Å². The van der Waals surface area contributed by atoms with Crippen molar-refractivity contribution in [1.29, 1.82) is 0 Å². The maximum atomic E-state index is 13.0. The Labute approximate surface area is 216 Å². The first kappa shape index (κ1) is 27.4. The highest BCUT2D eigenvalue weighted by Crippen LogP contribution is 2.24. The van der Waals surface area contributed by atoms with Gasteiger partial charge in [0.15, 0.2) is 5.82 Å². The van der Waals surface area contributed by atoms with E-state index in [-0.39, 0.29) is 49.3 Å². The molecule has 1 atom stereocenters. The molecule has 36 heavy (non-hydrogen) atoms. The Bertz CT molecular complexity index is 1060. The molecule has 1 aliphatic rings. The van der Waals surface area contributed by atoms with E-state index in [1.165, 1.54) is 0 Å². The van der Waals surface area contributed by atoms with E-state index in [0.717, 1.165) is 0 Å². The number of aryl methyl sites for hydroxylation is 2. The molecule has 2 aromatic rings. The number of nitrogens with one attached hydrogen (secondary N) is 2. The van der Waals surface area contributed by atoms with Gasteiger partial charge in [-0.15, -0.1) is 0 Å². The van der Waals surface area contributed by atoms with Crippen LogP contribution in [0, 0.1) is 5.92 Å². The number of fused-ring (bicyclic) bond motifs is 1. The second-order valence-electron chi connectivity index (χ2n) is 9.11. The smallest absolute Gasteiger partial charge is 0.255 e. The van der Waals surface area contributed by atoms with Crippen molar-refractivity contribution in [1.82, 2.24) is 25.7 Å². The summed E-state index contributed by atoms with van der Waals surface area (Å²) in [5.74, 6) is 0.735. The number of carbonyl (C=O) groups excluding carboxylic acids is 3. The van der Waals surface area contributed by atoms with Crippen LogP contribution in [0.15, 0.2) is 22.7 Å². The summed E-state index contributed by atoms with van der Waals surface area (Å²) in [4.78, 5) is 44.5. The van der Waals surface area contributed by atoms with Gasteiger partial charge < -0.3 is 24.8 Å². The molecule has 3 rings (SSSR count). The highest BCUT2D eigenvalue weighted by Gasteiger charge is 2.23. The number of carbonyl (C=O) groups is 3. The zero-order valence-corrected chi connectivity index (χ0v) is 21.8. The lowest BCUT2D eigenvalue weighted by atomic mass is 10.1. The molecule has 1 aliphatic heterocycles. The third-order valence-corrected chi connectivity index (χ3v) is 6.20. The van der Waals surface area contributed by atoms with Crippen molar-refractivity contribution in [3.8, 4) is 5.75 Å². The van der Waals surface area contributed by atoms with E-state index in [2.05, 4.69) is 20.8 Å². The molecule has 196 valence electrons. The second kappa shape index (κ2) is 13.2. The van der Waals surface area contributed by atoms with Crippen LogP contribution in [0.4, 0.5) is 0 Å². The van der Waals surface area contributed by atoms with Gasteiger partial charge in [-0.25, -0.2) is 0 Å². The summed E-state index contributed by atoms with van der Waals surface area (Å²) in [6.45, 7) is 6.76. The third-order valence-electron chi connectivity index (χ3n) is 5.96. The van der Waals surface area contributed by atoms with Crippen LogP contribution in [-0.4, -0.2) is 65.0 Å². The second-order valence-corrected chi connectivity index (χ2v) is 9.54. The minimum absolute atomic E-state index is 0.0589. The lowest BCUT2D eigenvalue weighted by molar-refractivity contribution is -0.136. The summed E-state index contributed by atoms with van der Waals surface area (Å²) in [5.41, 5.74) is 0.343. The average Bonchev–Trinajstić information content (AvgIpc) is 3.32. The van der Waals surface area contributed by atoms with Crippen LogP contribution in [0.25, 0.3) is 0 Å². The van der Waals surface area contributed by atoms with Crippen molar-refractivity contribution in [2.24, 2.45) is 5.92 Å². The molecule has 3 amide bonds. The number of rotatable bonds is 5. The van der Waals surface area contributed by atoms with E-state index in [9.17, 15) is 14.4 Å². The van der Waals surface area contributed by atoms with Crippen LogP contribution in [0.5, 0.6) is 5.75 Å². The molecule has 0 bridgehead atoms. The quantitative estimate of drug-likeness (QED) is 0.621. The standard InChI is InChI=1S/C25H34ClN5O5/c1-4-21-29-23(36-30-21)9-10-24(33)31-12-6-5-11-27-25(34)18-13-17(26)7-8-20(18)35-15-19(16(2)3)28-22(32)14-31/h7-8,13,16,19H,4-6,9-12,14-15H2,1-3H3,(H,27,34)(H,28,32)/t19-/m1/s1. The Morgan fingerprint density at radius 2 is 2.08 bits per heavy atom. The normalized spacial score (nSPS) is 17.9. The van der Waals surface area contributed by atoms with Crippen LogP contribution < -0.4 is 15.4 Å². The Morgan fingerprint density at radius 1 is 1.28 bits per heavy atom. The summed E-state index contributed by atoms with van der Waals surface area (Å²) < 4.78 is 11.1. The Balaban J connectivity index is 1.71. The summed E-state index contributed by atoms with van der Waals surface area (Å²) in [6.07, 6.45) is 2.36. The number of aromatic nitrogens is 2. The Morgan fingerprint density at radius 3 is 2.81 bits per heavy atom. The summed E-state index contributed by atoms with van der Waals surface area (Å²) >= 11 is 6.11. The van der Waals surface area contributed by atoms with Crippen molar-refractivity contribution in [3.63, 3.8) is 0 Å². The van der Waals surface area contributed by atoms with E-state index in [0.29, 0.717) is 66.8 Å². The molecule has 0 aliphatic carbocycles. The van der Waals surface area contributed by atoms with Gasteiger partial charge in [-0.2, -0.15) is 4.98 Å². The fourth-order valence-corrected chi connectivity index (χ4v) is 3.91. The average molecular weight is 520 g/mol. The molecule has 11 heteroatoms. The number of amides is 3. The number of hydrogen-bond donors (Lipinski definition) is 2. The monoisotopic (exact) mass is 519 g/mol. The molecule has 2 N–H and O–H groups in total. The number of halogens is 1. The number of nitrogens with zero attached hydrogens (tertiary/aromatic N) is 3. The molecule has 0 saturated carbocycles. The predicted molar refractivity (Wildman–Crippen MR) is 134 cm³/mol. The molecule has 1 aromatic carbocycles. The fraction of sp³-hybridized carbons (Fsp3) is 0.560. The van der Waals surface area contributed by atoms with Crippen LogP contribution in [0.3, 0.4) is 0 Å². The largest absolute Gasteiger partial charge is 0.491 e. The minimum Gasteiger partial charge on any atom is -0.491 e. The molecular weight excluding hydrogens is 486 g/mol. The first-order valence-corrected chi connectivity index (χ1v) is 12.7. The van der Waals surface area contributed by atoms with Gasteiger partial charge in [0, 0.05) is 37.4 Å².